The molecule has 1 rings (SSSR count). The zero-order valence-corrected chi connectivity index (χ0v) is 10.9. The lowest BCUT2D eigenvalue weighted by Crippen LogP contribution is -2.24. The Kier molecular flexibility index (Phi) is 5.48. The molecular weight excluding hydrogens is 237 g/mol. The van der Waals surface area contributed by atoms with E-state index in [0.29, 0.717) is 25.3 Å². The molecule has 1 heterocycles. The molecule has 0 spiro atoms. The standard InChI is InChI=1S/C12H18FN3O2/c1-4-9-11(13)12(15-8-14-9)16(3)7-6-10(17)18-5-2/h8H,4-7H2,1-3H3. The molecule has 0 radical (unpaired) electrons. The van der Waals surface area contributed by atoms with Crippen LogP contribution in [0.4, 0.5) is 10.2 Å². The molecule has 0 saturated heterocycles. The summed E-state index contributed by atoms with van der Waals surface area (Å²) in [6.07, 6.45) is 2.04. The van der Waals surface area contributed by atoms with Crippen LogP contribution in [0.3, 0.4) is 0 Å². The van der Waals surface area contributed by atoms with Gasteiger partial charge in [0.25, 0.3) is 0 Å². The van der Waals surface area contributed by atoms with Gasteiger partial charge in [0.15, 0.2) is 11.6 Å². The van der Waals surface area contributed by atoms with Gasteiger partial charge < -0.3 is 9.64 Å². The minimum absolute atomic E-state index is 0.204. The highest BCUT2D eigenvalue weighted by Crippen LogP contribution is 2.17. The minimum atomic E-state index is -0.425. The van der Waals surface area contributed by atoms with Gasteiger partial charge in [-0.3, -0.25) is 4.79 Å². The Morgan fingerprint density at radius 3 is 2.78 bits per heavy atom. The number of aryl methyl sites for hydroxylation is 1. The van der Waals surface area contributed by atoms with Gasteiger partial charge in [-0.1, -0.05) is 6.92 Å². The van der Waals surface area contributed by atoms with Crippen molar-refractivity contribution in [2.75, 3.05) is 25.1 Å². The maximum Gasteiger partial charge on any atom is 0.307 e. The predicted molar refractivity (Wildman–Crippen MR) is 65.9 cm³/mol. The molecule has 1 aromatic rings. The monoisotopic (exact) mass is 255 g/mol. The van der Waals surface area contributed by atoms with Crippen LogP contribution in [-0.2, 0) is 16.0 Å². The number of nitrogens with zero attached hydrogens (tertiary/aromatic N) is 3. The lowest BCUT2D eigenvalue weighted by Gasteiger charge is -2.18. The van der Waals surface area contributed by atoms with Crippen LogP contribution in [0.15, 0.2) is 6.33 Å². The number of halogens is 1. The Bertz CT molecular complexity index is 412. The number of esters is 1. The fourth-order valence-corrected chi connectivity index (χ4v) is 1.51. The maximum absolute atomic E-state index is 13.9. The van der Waals surface area contributed by atoms with Crippen molar-refractivity contribution in [3.8, 4) is 0 Å². The zero-order chi connectivity index (χ0) is 13.5. The first kappa shape index (κ1) is 14.3. The van der Waals surface area contributed by atoms with Crippen molar-refractivity contribution in [2.24, 2.45) is 0 Å². The average molecular weight is 255 g/mol. The third kappa shape index (κ3) is 3.65. The van der Waals surface area contributed by atoms with E-state index in [4.69, 9.17) is 4.74 Å². The molecule has 5 nitrogen and oxygen atoms in total. The van der Waals surface area contributed by atoms with Crippen LogP contribution in [0, 0.1) is 5.82 Å². The summed E-state index contributed by atoms with van der Waals surface area (Å²) >= 11 is 0. The highest BCUT2D eigenvalue weighted by atomic mass is 19.1. The molecule has 0 aromatic carbocycles. The van der Waals surface area contributed by atoms with Gasteiger partial charge in [0.2, 0.25) is 0 Å². The SMILES string of the molecule is CCOC(=O)CCN(C)c1ncnc(CC)c1F. The van der Waals surface area contributed by atoms with Gasteiger partial charge in [0.05, 0.1) is 18.7 Å². The van der Waals surface area contributed by atoms with Crippen LogP contribution in [0.25, 0.3) is 0 Å². The molecule has 0 N–H and O–H groups in total. The molecule has 0 aliphatic heterocycles. The lowest BCUT2D eigenvalue weighted by atomic mass is 10.3. The quantitative estimate of drug-likeness (QED) is 0.722. The van der Waals surface area contributed by atoms with Crippen molar-refractivity contribution >= 4 is 11.8 Å². The number of ether oxygens (including phenoxy) is 1. The number of rotatable bonds is 6. The van der Waals surface area contributed by atoms with Gasteiger partial charge in [-0.15, -0.1) is 0 Å². The van der Waals surface area contributed by atoms with Crippen LogP contribution < -0.4 is 4.90 Å². The topological polar surface area (TPSA) is 55.3 Å². The number of hydrogen-bond acceptors (Lipinski definition) is 5. The van der Waals surface area contributed by atoms with Gasteiger partial charge in [0, 0.05) is 13.6 Å². The second-order valence-electron chi connectivity index (χ2n) is 3.79. The van der Waals surface area contributed by atoms with E-state index in [-0.39, 0.29) is 18.2 Å². The summed E-state index contributed by atoms with van der Waals surface area (Å²) < 4.78 is 18.7. The van der Waals surface area contributed by atoms with Crippen molar-refractivity contribution in [2.45, 2.75) is 26.7 Å². The second kappa shape index (κ2) is 6.88. The first-order valence-corrected chi connectivity index (χ1v) is 5.96. The van der Waals surface area contributed by atoms with Crippen molar-refractivity contribution in [1.29, 1.82) is 0 Å². The summed E-state index contributed by atoms with van der Waals surface area (Å²) in [5.41, 5.74) is 0.378. The van der Waals surface area contributed by atoms with E-state index in [2.05, 4.69) is 9.97 Å². The van der Waals surface area contributed by atoms with Crippen LogP contribution in [0.5, 0.6) is 0 Å². The summed E-state index contributed by atoms with van der Waals surface area (Å²) in [5.74, 6) is -0.507. The highest BCUT2D eigenvalue weighted by molar-refractivity contribution is 5.70. The first-order valence-electron chi connectivity index (χ1n) is 5.96. The third-order valence-corrected chi connectivity index (χ3v) is 2.50. The fourth-order valence-electron chi connectivity index (χ4n) is 1.51. The third-order valence-electron chi connectivity index (χ3n) is 2.50. The molecule has 0 saturated carbocycles. The van der Waals surface area contributed by atoms with Crippen LogP contribution in [0.2, 0.25) is 0 Å². The number of carbonyl (C=O) groups is 1. The molecule has 0 amide bonds. The molecular formula is C12H18FN3O2. The summed E-state index contributed by atoms with van der Waals surface area (Å²) in [4.78, 5) is 20.6. The molecule has 0 fully saturated rings. The minimum Gasteiger partial charge on any atom is -0.466 e. The number of carbonyl (C=O) groups excluding carboxylic acids is 1. The van der Waals surface area contributed by atoms with Crippen LogP contribution in [-0.4, -0.2) is 36.1 Å². The van der Waals surface area contributed by atoms with Gasteiger partial charge in [-0.05, 0) is 13.3 Å². The van der Waals surface area contributed by atoms with Crippen molar-refractivity contribution in [3.63, 3.8) is 0 Å². The summed E-state index contributed by atoms with van der Waals surface area (Å²) in [5, 5.41) is 0. The van der Waals surface area contributed by atoms with E-state index in [1.807, 2.05) is 6.92 Å². The van der Waals surface area contributed by atoms with Crippen molar-refractivity contribution < 1.29 is 13.9 Å². The van der Waals surface area contributed by atoms with E-state index in [1.54, 1.807) is 18.9 Å². The van der Waals surface area contributed by atoms with Gasteiger partial charge in [0.1, 0.15) is 6.33 Å². The van der Waals surface area contributed by atoms with E-state index in [0.717, 1.165) is 0 Å². The summed E-state index contributed by atoms with van der Waals surface area (Å²) in [7, 11) is 1.68. The average Bonchev–Trinajstić information content (AvgIpc) is 2.36. The number of hydrogen-bond donors (Lipinski definition) is 0. The Balaban J connectivity index is 2.67. The van der Waals surface area contributed by atoms with Crippen LogP contribution >= 0.6 is 0 Å². The molecule has 0 bridgehead atoms. The van der Waals surface area contributed by atoms with Crippen LogP contribution in [0.1, 0.15) is 26.0 Å². The normalized spacial score (nSPS) is 10.2. The highest BCUT2D eigenvalue weighted by Gasteiger charge is 2.14. The van der Waals surface area contributed by atoms with Crippen molar-refractivity contribution in [1.82, 2.24) is 9.97 Å². The molecule has 18 heavy (non-hydrogen) atoms. The molecule has 100 valence electrons. The molecule has 0 atom stereocenters. The lowest BCUT2D eigenvalue weighted by molar-refractivity contribution is -0.142. The first-order chi connectivity index (χ1) is 8.60. The molecule has 0 unspecified atom stereocenters. The largest absolute Gasteiger partial charge is 0.466 e. The second-order valence-corrected chi connectivity index (χ2v) is 3.79. The Labute approximate surface area is 106 Å². The fraction of sp³-hybridized carbons (Fsp3) is 0.583. The number of anilines is 1. The maximum atomic E-state index is 13.9. The molecule has 6 heteroatoms. The summed E-state index contributed by atoms with van der Waals surface area (Å²) in [6, 6.07) is 0. The van der Waals surface area contributed by atoms with Gasteiger partial charge >= 0.3 is 5.97 Å². The zero-order valence-electron chi connectivity index (χ0n) is 10.9. The predicted octanol–water partition coefficient (Wildman–Crippen LogP) is 1.57. The molecule has 0 aliphatic carbocycles. The summed E-state index contributed by atoms with van der Waals surface area (Å²) in [6.45, 7) is 4.29. The molecule has 1 aromatic heterocycles. The number of aromatic nitrogens is 2. The van der Waals surface area contributed by atoms with E-state index >= 15 is 0 Å². The Morgan fingerprint density at radius 2 is 2.17 bits per heavy atom. The van der Waals surface area contributed by atoms with Crippen molar-refractivity contribution in [3.05, 3.63) is 17.8 Å². The molecule has 0 aliphatic rings. The van der Waals surface area contributed by atoms with Gasteiger partial charge in [-0.2, -0.15) is 0 Å². The Morgan fingerprint density at radius 1 is 1.44 bits per heavy atom. The van der Waals surface area contributed by atoms with E-state index in [9.17, 15) is 9.18 Å². The van der Waals surface area contributed by atoms with Gasteiger partial charge in [-0.25, -0.2) is 14.4 Å². The smallest absolute Gasteiger partial charge is 0.307 e. The van der Waals surface area contributed by atoms with E-state index in [1.165, 1.54) is 6.33 Å². The Hall–Kier alpha value is -1.72. The van der Waals surface area contributed by atoms with E-state index < -0.39 is 5.82 Å².